The van der Waals surface area contributed by atoms with E-state index in [1.54, 1.807) is 6.92 Å². The summed E-state index contributed by atoms with van der Waals surface area (Å²) in [5, 5.41) is 0. The molecule has 3 N–H and O–H groups in total. The molecule has 0 aliphatic heterocycles. The van der Waals surface area contributed by atoms with Crippen LogP contribution < -0.4 is 11.3 Å². The van der Waals surface area contributed by atoms with Gasteiger partial charge in [0.05, 0.1) is 6.61 Å². The summed E-state index contributed by atoms with van der Waals surface area (Å²) in [4.78, 5) is 10.6. The zero-order valence-corrected chi connectivity index (χ0v) is 6.22. The van der Waals surface area contributed by atoms with E-state index >= 15 is 0 Å². The van der Waals surface area contributed by atoms with Gasteiger partial charge in [-0.05, 0) is 13.3 Å². The molecule has 0 aromatic rings. The molecular formula is C6H14N2O2. The fourth-order valence-corrected chi connectivity index (χ4v) is 0.568. The monoisotopic (exact) mass is 146 g/mol. The fraction of sp³-hybridized carbons (Fsp3) is 0.833. The maximum atomic E-state index is 10.6. The molecule has 0 aromatic carbocycles. The topological polar surface area (TPSA) is 64.3 Å². The Bertz CT molecular complexity index is 95.7. The van der Waals surface area contributed by atoms with Gasteiger partial charge >= 0.3 is 5.97 Å². The lowest BCUT2D eigenvalue weighted by Crippen LogP contribution is -2.23. The van der Waals surface area contributed by atoms with Gasteiger partial charge < -0.3 is 4.74 Å². The number of rotatable bonds is 5. The first kappa shape index (κ1) is 9.39. The summed E-state index contributed by atoms with van der Waals surface area (Å²) in [5.74, 6) is 4.83. The number of ether oxygens (including phenoxy) is 1. The molecule has 0 saturated heterocycles. The predicted octanol–water partition coefficient (Wildman–Crippen LogP) is -0.207. The van der Waals surface area contributed by atoms with Crippen LogP contribution in [0.15, 0.2) is 0 Å². The lowest BCUT2D eigenvalue weighted by molar-refractivity contribution is -0.143. The number of esters is 1. The van der Waals surface area contributed by atoms with Gasteiger partial charge in [0.1, 0.15) is 0 Å². The third-order valence-corrected chi connectivity index (χ3v) is 1.01. The van der Waals surface area contributed by atoms with Crippen molar-refractivity contribution < 1.29 is 9.53 Å². The van der Waals surface area contributed by atoms with Crippen LogP contribution in [0.3, 0.4) is 0 Å². The van der Waals surface area contributed by atoms with Gasteiger partial charge in [-0.1, -0.05) is 0 Å². The molecule has 0 amide bonds. The second-order valence-corrected chi connectivity index (χ2v) is 1.86. The minimum absolute atomic E-state index is 0.155. The average molecular weight is 146 g/mol. The highest BCUT2D eigenvalue weighted by atomic mass is 16.5. The lowest BCUT2D eigenvalue weighted by Gasteiger charge is -1.99. The van der Waals surface area contributed by atoms with Gasteiger partial charge in [0, 0.05) is 13.0 Å². The minimum atomic E-state index is -0.155. The summed E-state index contributed by atoms with van der Waals surface area (Å²) in [6.07, 6.45) is 1.17. The van der Waals surface area contributed by atoms with Crippen LogP contribution in [-0.2, 0) is 9.53 Å². The molecule has 0 fully saturated rings. The van der Waals surface area contributed by atoms with E-state index in [4.69, 9.17) is 5.84 Å². The van der Waals surface area contributed by atoms with Crippen LogP contribution >= 0.6 is 0 Å². The zero-order chi connectivity index (χ0) is 7.82. The number of hydrazine groups is 1. The van der Waals surface area contributed by atoms with Crippen LogP contribution in [-0.4, -0.2) is 19.1 Å². The van der Waals surface area contributed by atoms with E-state index in [1.165, 1.54) is 0 Å². The van der Waals surface area contributed by atoms with Crippen LogP contribution in [0, 0.1) is 0 Å². The minimum Gasteiger partial charge on any atom is -0.466 e. The summed E-state index contributed by atoms with van der Waals surface area (Å²) < 4.78 is 4.68. The molecule has 0 bridgehead atoms. The summed E-state index contributed by atoms with van der Waals surface area (Å²) in [6, 6.07) is 0. The molecule has 0 radical (unpaired) electrons. The van der Waals surface area contributed by atoms with Gasteiger partial charge in [-0.15, -0.1) is 0 Å². The lowest BCUT2D eigenvalue weighted by atomic mass is 10.3. The molecule has 0 aromatic heterocycles. The number of hydrogen-bond donors (Lipinski definition) is 2. The maximum absolute atomic E-state index is 10.6. The largest absolute Gasteiger partial charge is 0.466 e. The molecule has 10 heavy (non-hydrogen) atoms. The quantitative estimate of drug-likeness (QED) is 0.244. The number of carbonyl (C=O) groups excluding carboxylic acids is 1. The van der Waals surface area contributed by atoms with Gasteiger partial charge in [-0.2, -0.15) is 0 Å². The molecule has 0 heterocycles. The molecule has 0 saturated carbocycles. The van der Waals surface area contributed by atoms with Crippen molar-refractivity contribution in [1.29, 1.82) is 0 Å². The van der Waals surface area contributed by atoms with E-state index < -0.39 is 0 Å². The third-order valence-electron chi connectivity index (χ3n) is 1.01. The molecule has 4 heteroatoms. The van der Waals surface area contributed by atoms with E-state index in [9.17, 15) is 4.79 Å². The van der Waals surface area contributed by atoms with Gasteiger partial charge in [0.15, 0.2) is 0 Å². The van der Waals surface area contributed by atoms with E-state index in [0.717, 1.165) is 6.42 Å². The Labute approximate surface area is 60.7 Å². The van der Waals surface area contributed by atoms with Crippen molar-refractivity contribution in [2.45, 2.75) is 19.8 Å². The molecule has 60 valence electrons. The first-order valence-corrected chi connectivity index (χ1v) is 3.40. The van der Waals surface area contributed by atoms with Gasteiger partial charge in [-0.3, -0.25) is 16.1 Å². The van der Waals surface area contributed by atoms with Crippen molar-refractivity contribution in [2.24, 2.45) is 5.84 Å². The van der Waals surface area contributed by atoms with E-state index in [-0.39, 0.29) is 5.97 Å². The molecule has 4 nitrogen and oxygen atoms in total. The Kier molecular flexibility index (Phi) is 6.11. The van der Waals surface area contributed by atoms with Crippen molar-refractivity contribution in [1.82, 2.24) is 5.43 Å². The Balaban J connectivity index is 3.05. The van der Waals surface area contributed by atoms with Crippen molar-refractivity contribution in [3.8, 4) is 0 Å². The maximum Gasteiger partial charge on any atom is 0.305 e. The first-order valence-electron chi connectivity index (χ1n) is 3.40. The Morgan fingerprint density at radius 1 is 1.70 bits per heavy atom. The summed E-state index contributed by atoms with van der Waals surface area (Å²) >= 11 is 0. The number of carbonyl (C=O) groups is 1. The molecule has 0 atom stereocenters. The molecular weight excluding hydrogens is 132 g/mol. The average Bonchev–Trinajstić information content (AvgIpc) is 1.89. The van der Waals surface area contributed by atoms with Crippen LogP contribution in [0.5, 0.6) is 0 Å². The van der Waals surface area contributed by atoms with Crippen LogP contribution in [0.2, 0.25) is 0 Å². The highest BCUT2D eigenvalue weighted by molar-refractivity contribution is 5.69. The first-order chi connectivity index (χ1) is 4.81. The summed E-state index contributed by atoms with van der Waals surface area (Å²) in [6.45, 7) is 2.90. The zero-order valence-electron chi connectivity index (χ0n) is 6.22. The van der Waals surface area contributed by atoms with E-state index in [1.807, 2.05) is 0 Å². The Hall–Kier alpha value is -0.610. The molecule has 0 rings (SSSR count). The second kappa shape index (κ2) is 6.51. The van der Waals surface area contributed by atoms with E-state index in [0.29, 0.717) is 19.6 Å². The Morgan fingerprint density at radius 2 is 2.40 bits per heavy atom. The predicted molar refractivity (Wildman–Crippen MR) is 38.1 cm³/mol. The van der Waals surface area contributed by atoms with Crippen molar-refractivity contribution in [2.75, 3.05) is 13.2 Å². The third kappa shape index (κ3) is 5.53. The van der Waals surface area contributed by atoms with E-state index in [2.05, 4.69) is 10.2 Å². The van der Waals surface area contributed by atoms with Crippen molar-refractivity contribution in [3.63, 3.8) is 0 Å². The number of nitrogens with two attached hydrogens (primary N) is 1. The summed E-state index contributed by atoms with van der Waals surface area (Å²) in [7, 11) is 0. The van der Waals surface area contributed by atoms with Gasteiger partial charge in [0.2, 0.25) is 0 Å². The normalized spacial score (nSPS) is 9.40. The molecule has 0 spiro atoms. The fourth-order valence-electron chi connectivity index (χ4n) is 0.568. The van der Waals surface area contributed by atoms with Crippen molar-refractivity contribution in [3.05, 3.63) is 0 Å². The highest BCUT2D eigenvalue weighted by Gasteiger charge is 1.98. The Morgan fingerprint density at radius 3 is 2.90 bits per heavy atom. The SMILES string of the molecule is CCOC(=O)CCCNN. The number of nitrogens with one attached hydrogen (secondary N) is 1. The van der Waals surface area contributed by atoms with Crippen LogP contribution in [0.4, 0.5) is 0 Å². The highest BCUT2D eigenvalue weighted by Crippen LogP contribution is 1.89. The molecule has 0 aliphatic rings. The molecule has 0 unspecified atom stereocenters. The second-order valence-electron chi connectivity index (χ2n) is 1.86. The molecule has 0 aliphatic carbocycles. The smallest absolute Gasteiger partial charge is 0.305 e. The summed E-state index contributed by atoms with van der Waals surface area (Å²) in [5.41, 5.74) is 2.46. The standard InChI is InChI=1S/C6H14N2O2/c1-2-10-6(9)4-3-5-8-7/h8H,2-5,7H2,1H3. The number of hydrogen-bond acceptors (Lipinski definition) is 4. The van der Waals surface area contributed by atoms with Crippen LogP contribution in [0.25, 0.3) is 0 Å². The van der Waals surface area contributed by atoms with Gasteiger partial charge in [-0.25, -0.2) is 0 Å². The van der Waals surface area contributed by atoms with Crippen LogP contribution in [0.1, 0.15) is 19.8 Å². The van der Waals surface area contributed by atoms with Crippen molar-refractivity contribution >= 4 is 5.97 Å². The van der Waals surface area contributed by atoms with Gasteiger partial charge in [0.25, 0.3) is 0 Å².